The second-order valence-corrected chi connectivity index (χ2v) is 4.11. The van der Waals surface area contributed by atoms with Crippen LogP contribution in [-0.4, -0.2) is 24.3 Å². The number of hydrogen-bond acceptors (Lipinski definition) is 3. The van der Waals surface area contributed by atoms with Gasteiger partial charge in [0, 0.05) is 30.9 Å². The third-order valence-corrected chi connectivity index (χ3v) is 2.59. The lowest BCUT2D eigenvalue weighted by atomic mass is 10.0. The Morgan fingerprint density at radius 2 is 2.00 bits per heavy atom. The molecule has 0 bridgehead atoms. The van der Waals surface area contributed by atoms with Gasteiger partial charge in [-0.05, 0) is 19.1 Å². The number of aromatic amines is 1. The highest BCUT2D eigenvalue weighted by molar-refractivity contribution is 5.84. The van der Waals surface area contributed by atoms with Gasteiger partial charge in [-0.3, -0.25) is 5.10 Å². The van der Waals surface area contributed by atoms with Gasteiger partial charge in [0.25, 0.3) is 0 Å². The van der Waals surface area contributed by atoms with Gasteiger partial charge in [-0.15, -0.1) is 0 Å². The Labute approximate surface area is 95.1 Å². The number of nitrogens with zero attached hydrogens (tertiary/aromatic N) is 2. The van der Waals surface area contributed by atoms with Crippen LogP contribution in [0.3, 0.4) is 0 Å². The van der Waals surface area contributed by atoms with Gasteiger partial charge < -0.3 is 10.6 Å². The van der Waals surface area contributed by atoms with Crippen molar-refractivity contribution in [1.29, 1.82) is 0 Å². The number of rotatable bonds is 2. The van der Waals surface area contributed by atoms with Crippen LogP contribution < -0.4 is 10.6 Å². The molecule has 0 atom stereocenters. The van der Waals surface area contributed by atoms with Crippen molar-refractivity contribution in [1.82, 2.24) is 10.2 Å². The molecule has 2 aromatic rings. The van der Waals surface area contributed by atoms with E-state index in [0.717, 1.165) is 16.8 Å². The second-order valence-electron chi connectivity index (χ2n) is 4.11. The fraction of sp³-hybridized carbons (Fsp3) is 0.250. The smallest absolute Gasteiger partial charge is 0.126 e. The molecule has 2 rings (SSSR count). The molecule has 0 unspecified atom stereocenters. The number of H-pyrrole nitrogens is 1. The number of aryl methyl sites for hydroxylation is 1. The first-order valence-electron chi connectivity index (χ1n) is 5.17. The minimum atomic E-state index is 0.605. The van der Waals surface area contributed by atoms with Crippen molar-refractivity contribution >= 4 is 11.5 Å². The first-order chi connectivity index (χ1) is 7.59. The molecule has 0 aliphatic heterocycles. The zero-order chi connectivity index (χ0) is 11.7. The Morgan fingerprint density at radius 3 is 2.56 bits per heavy atom. The average molecular weight is 216 g/mol. The summed E-state index contributed by atoms with van der Waals surface area (Å²) in [6.07, 6.45) is 1.76. The number of benzene rings is 1. The van der Waals surface area contributed by atoms with Crippen LogP contribution in [0.2, 0.25) is 0 Å². The predicted molar refractivity (Wildman–Crippen MR) is 67.5 cm³/mol. The van der Waals surface area contributed by atoms with E-state index < -0.39 is 0 Å². The summed E-state index contributed by atoms with van der Waals surface area (Å²) in [6.45, 7) is 2.07. The van der Waals surface area contributed by atoms with Crippen molar-refractivity contribution in [3.63, 3.8) is 0 Å². The van der Waals surface area contributed by atoms with E-state index in [2.05, 4.69) is 40.2 Å². The molecular formula is C12H16N4. The zero-order valence-corrected chi connectivity index (χ0v) is 9.78. The SMILES string of the molecule is Cc1ccc(N(C)C)c(-c2cn[nH]c2N)c1. The molecule has 1 heterocycles. The monoisotopic (exact) mass is 216 g/mol. The van der Waals surface area contributed by atoms with E-state index in [1.54, 1.807) is 6.20 Å². The summed E-state index contributed by atoms with van der Waals surface area (Å²) < 4.78 is 0. The molecule has 0 fully saturated rings. The maximum atomic E-state index is 5.86. The van der Waals surface area contributed by atoms with Gasteiger partial charge in [0.15, 0.2) is 0 Å². The van der Waals surface area contributed by atoms with Gasteiger partial charge in [0.05, 0.1) is 6.20 Å². The molecule has 0 amide bonds. The maximum Gasteiger partial charge on any atom is 0.126 e. The number of nitrogens with two attached hydrogens (primary N) is 1. The van der Waals surface area contributed by atoms with Gasteiger partial charge >= 0.3 is 0 Å². The number of hydrogen-bond donors (Lipinski definition) is 2. The van der Waals surface area contributed by atoms with E-state index in [-0.39, 0.29) is 0 Å². The van der Waals surface area contributed by atoms with Crippen LogP contribution in [0.1, 0.15) is 5.56 Å². The highest BCUT2D eigenvalue weighted by Gasteiger charge is 2.11. The van der Waals surface area contributed by atoms with Gasteiger partial charge in [-0.2, -0.15) is 5.10 Å². The van der Waals surface area contributed by atoms with Crippen molar-refractivity contribution in [3.05, 3.63) is 30.0 Å². The zero-order valence-electron chi connectivity index (χ0n) is 9.78. The van der Waals surface area contributed by atoms with Crippen molar-refractivity contribution in [2.75, 3.05) is 24.7 Å². The fourth-order valence-corrected chi connectivity index (χ4v) is 1.77. The van der Waals surface area contributed by atoms with Gasteiger partial charge in [0.1, 0.15) is 5.82 Å². The van der Waals surface area contributed by atoms with Crippen LogP contribution in [0.5, 0.6) is 0 Å². The number of aromatic nitrogens is 2. The quantitative estimate of drug-likeness (QED) is 0.807. The van der Waals surface area contributed by atoms with Crippen LogP contribution in [0.25, 0.3) is 11.1 Å². The molecule has 16 heavy (non-hydrogen) atoms. The minimum Gasteiger partial charge on any atom is -0.384 e. The summed E-state index contributed by atoms with van der Waals surface area (Å²) in [5, 5.41) is 6.72. The predicted octanol–water partition coefficient (Wildman–Crippen LogP) is 2.03. The molecule has 3 N–H and O–H groups in total. The van der Waals surface area contributed by atoms with Gasteiger partial charge in [-0.25, -0.2) is 0 Å². The molecule has 0 saturated heterocycles. The van der Waals surface area contributed by atoms with Crippen LogP contribution in [0.4, 0.5) is 11.5 Å². The molecule has 4 nitrogen and oxygen atoms in total. The summed E-state index contributed by atoms with van der Waals surface area (Å²) in [6, 6.07) is 6.31. The first-order valence-corrected chi connectivity index (χ1v) is 5.17. The van der Waals surface area contributed by atoms with E-state index in [4.69, 9.17) is 5.73 Å². The Hall–Kier alpha value is -1.97. The molecule has 4 heteroatoms. The van der Waals surface area contributed by atoms with Crippen molar-refractivity contribution < 1.29 is 0 Å². The van der Waals surface area contributed by atoms with Crippen molar-refractivity contribution in [2.24, 2.45) is 0 Å². The summed E-state index contributed by atoms with van der Waals surface area (Å²) in [7, 11) is 4.04. The van der Waals surface area contributed by atoms with Crippen LogP contribution in [-0.2, 0) is 0 Å². The highest BCUT2D eigenvalue weighted by atomic mass is 15.1. The third-order valence-electron chi connectivity index (χ3n) is 2.59. The lowest BCUT2D eigenvalue weighted by molar-refractivity contribution is 1.10. The molecule has 0 radical (unpaired) electrons. The van der Waals surface area contributed by atoms with Crippen molar-refractivity contribution in [2.45, 2.75) is 6.92 Å². The normalized spacial score (nSPS) is 10.4. The van der Waals surface area contributed by atoms with Gasteiger partial charge in [0.2, 0.25) is 0 Å². The van der Waals surface area contributed by atoms with E-state index in [1.165, 1.54) is 5.56 Å². The molecular weight excluding hydrogens is 200 g/mol. The Bertz CT molecular complexity index is 499. The lowest BCUT2D eigenvalue weighted by Crippen LogP contribution is -2.10. The third kappa shape index (κ3) is 1.74. The summed E-state index contributed by atoms with van der Waals surface area (Å²) in [5.41, 5.74) is 10.3. The van der Waals surface area contributed by atoms with Crippen LogP contribution in [0.15, 0.2) is 24.4 Å². The summed E-state index contributed by atoms with van der Waals surface area (Å²) >= 11 is 0. The number of anilines is 2. The standard InChI is InChI=1S/C12H16N4/c1-8-4-5-11(16(2)3)9(6-8)10-7-14-15-12(10)13/h4-7H,1-3H3,(H3,13,14,15). The van der Waals surface area contributed by atoms with E-state index in [0.29, 0.717) is 5.82 Å². The molecule has 0 saturated carbocycles. The number of nitrogen functional groups attached to an aromatic ring is 1. The Balaban J connectivity index is 2.63. The van der Waals surface area contributed by atoms with Crippen molar-refractivity contribution in [3.8, 4) is 11.1 Å². The van der Waals surface area contributed by atoms with E-state index in [1.807, 2.05) is 14.1 Å². The first kappa shape index (κ1) is 10.5. The molecule has 1 aromatic heterocycles. The minimum absolute atomic E-state index is 0.605. The Morgan fingerprint density at radius 1 is 1.25 bits per heavy atom. The summed E-state index contributed by atoms with van der Waals surface area (Å²) in [5.74, 6) is 0.605. The largest absolute Gasteiger partial charge is 0.384 e. The molecule has 0 aliphatic rings. The van der Waals surface area contributed by atoms with E-state index >= 15 is 0 Å². The van der Waals surface area contributed by atoms with Crippen LogP contribution in [0, 0.1) is 6.92 Å². The molecule has 0 aliphatic carbocycles. The molecule has 84 valence electrons. The molecule has 1 aromatic carbocycles. The van der Waals surface area contributed by atoms with Gasteiger partial charge in [-0.1, -0.05) is 11.6 Å². The lowest BCUT2D eigenvalue weighted by Gasteiger charge is -2.17. The molecule has 0 spiro atoms. The second kappa shape index (κ2) is 3.89. The Kier molecular flexibility index (Phi) is 2.56. The average Bonchev–Trinajstić information content (AvgIpc) is 2.63. The topological polar surface area (TPSA) is 57.9 Å². The fourth-order valence-electron chi connectivity index (χ4n) is 1.77. The maximum absolute atomic E-state index is 5.86. The van der Waals surface area contributed by atoms with E-state index in [9.17, 15) is 0 Å². The highest BCUT2D eigenvalue weighted by Crippen LogP contribution is 2.33. The summed E-state index contributed by atoms with van der Waals surface area (Å²) in [4.78, 5) is 2.07. The number of nitrogens with one attached hydrogen (secondary N) is 1. The van der Waals surface area contributed by atoms with Crippen LogP contribution >= 0.6 is 0 Å².